The van der Waals surface area contributed by atoms with E-state index in [2.05, 4.69) is 27.6 Å². The number of carbonyl (C=O) groups is 1. The zero-order valence-corrected chi connectivity index (χ0v) is 17.7. The molecule has 0 aliphatic heterocycles. The molecule has 1 saturated carbocycles. The molecular formula is C23H22N6OS. The second-order valence-electron chi connectivity index (χ2n) is 7.53. The van der Waals surface area contributed by atoms with Crippen molar-refractivity contribution in [3.63, 3.8) is 0 Å². The lowest BCUT2D eigenvalue weighted by Gasteiger charge is -2.04. The Labute approximate surface area is 184 Å². The normalized spacial score (nSPS) is 13.7. The van der Waals surface area contributed by atoms with Gasteiger partial charge in [0.1, 0.15) is 12.0 Å². The molecule has 0 atom stereocenters. The van der Waals surface area contributed by atoms with Gasteiger partial charge in [-0.25, -0.2) is 0 Å². The van der Waals surface area contributed by atoms with Crippen molar-refractivity contribution in [2.75, 3.05) is 0 Å². The molecule has 0 bridgehead atoms. The first-order valence-electron chi connectivity index (χ1n) is 10.3. The van der Waals surface area contributed by atoms with Crippen molar-refractivity contribution >= 4 is 23.3 Å². The van der Waals surface area contributed by atoms with E-state index in [1.165, 1.54) is 5.56 Å². The summed E-state index contributed by atoms with van der Waals surface area (Å²) in [6.07, 6.45) is 9.40. The Balaban J connectivity index is 1.30. The lowest BCUT2D eigenvalue weighted by molar-refractivity contribution is -0.116. The molecule has 1 aliphatic rings. The van der Waals surface area contributed by atoms with Gasteiger partial charge in [-0.2, -0.15) is 5.10 Å². The number of rotatable bonds is 8. The minimum absolute atomic E-state index is 0.168. The maximum absolute atomic E-state index is 12.4. The molecule has 1 aromatic carbocycles. The van der Waals surface area contributed by atoms with Gasteiger partial charge in [0.2, 0.25) is 5.91 Å². The van der Waals surface area contributed by atoms with Gasteiger partial charge in [-0.3, -0.25) is 9.48 Å². The Morgan fingerprint density at radius 3 is 2.84 bits per heavy atom. The zero-order chi connectivity index (χ0) is 21.0. The summed E-state index contributed by atoms with van der Waals surface area (Å²) >= 11 is 1.63. The zero-order valence-electron chi connectivity index (χ0n) is 16.9. The summed E-state index contributed by atoms with van der Waals surface area (Å²) in [5.74, 6) is 0.623. The van der Waals surface area contributed by atoms with E-state index in [1.54, 1.807) is 23.7 Å². The third-order valence-electron chi connectivity index (χ3n) is 5.15. The van der Waals surface area contributed by atoms with Crippen LogP contribution in [-0.4, -0.2) is 30.5 Å². The maximum atomic E-state index is 12.4. The van der Waals surface area contributed by atoms with Crippen LogP contribution in [0.4, 0.5) is 0 Å². The van der Waals surface area contributed by atoms with Crippen LogP contribution in [0.2, 0.25) is 0 Å². The summed E-state index contributed by atoms with van der Waals surface area (Å²) < 4.78 is 3.96. The fourth-order valence-electron chi connectivity index (χ4n) is 3.46. The monoisotopic (exact) mass is 430 g/mol. The van der Waals surface area contributed by atoms with Crippen molar-refractivity contribution in [3.8, 4) is 10.6 Å². The van der Waals surface area contributed by atoms with Gasteiger partial charge in [0, 0.05) is 23.9 Å². The van der Waals surface area contributed by atoms with E-state index in [-0.39, 0.29) is 5.91 Å². The number of hydrogen-bond acceptors (Lipinski definition) is 5. The van der Waals surface area contributed by atoms with Crippen LogP contribution >= 0.6 is 11.3 Å². The Morgan fingerprint density at radius 1 is 1.19 bits per heavy atom. The van der Waals surface area contributed by atoms with Gasteiger partial charge in [0.25, 0.3) is 0 Å². The number of hydrogen-bond donors (Lipinski definition) is 1. The molecule has 3 heterocycles. The highest BCUT2D eigenvalue weighted by Crippen LogP contribution is 2.35. The van der Waals surface area contributed by atoms with Gasteiger partial charge in [0.15, 0.2) is 5.82 Å². The fraction of sp³-hybridized carbons (Fsp3) is 0.217. The van der Waals surface area contributed by atoms with Gasteiger partial charge >= 0.3 is 0 Å². The molecule has 31 heavy (non-hydrogen) atoms. The summed E-state index contributed by atoms with van der Waals surface area (Å²) in [5, 5.41) is 17.8. The molecule has 1 N–H and O–H groups in total. The van der Waals surface area contributed by atoms with Gasteiger partial charge in [0.05, 0.1) is 18.0 Å². The predicted molar refractivity (Wildman–Crippen MR) is 120 cm³/mol. The number of carbonyl (C=O) groups excluding carboxylic acids is 1. The van der Waals surface area contributed by atoms with E-state index in [0.29, 0.717) is 19.1 Å². The Bertz CT molecular complexity index is 1190. The number of aromatic nitrogens is 5. The van der Waals surface area contributed by atoms with E-state index < -0.39 is 0 Å². The Morgan fingerprint density at radius 2 is 2.06 bits per heavy atom. The van der Waals surface area contributed by atoms with Gasteiger partial charge < -0.3 is 9.88 Å². The van der Waals surface area contributed by atoms with Crippen LogP contribution < -0.4 is 5.32 Å². The third-order valence-corrected chi connectivity index (χ3v) is 6.03. The molecule has 0 spiro atoms. The smallest absolute Gasteiger partial charge is 0.244 e. The van der Waals surface area contributed by atoms with Crippen LogP contribution in [-0.2, 0) is 17.9 Å². The molecule has 5 rings (SSSR count). The highest BCUT2D eigenvalue weighted by atomic mass is 32.1. The van der Waals surface area contributed by atoms with Crippen molar-refractivity contribution in [1.29, 1.82) is 0 Å². The molecule has 0 saturated heterocycles. The molecule has 1 fully saturated rings. The van der Waals surface area contributed by atoms with Gasteiger partial charge in [-0.05, 0) is 35.9 Å². The van der Waals surface area contributed by atoms with Crippen molar-refractivity contribution in [2.24, 2.45) is 0 Å². The van der Waals surface area contributed by atoms with Crippen LogP contribution in [0.25, 0.3) is 16.6 Å². The second kappa shape index (κ2) is 8.69. The minimum atomic E-state index is -0.168. The van der Waals surface area contributed by atoms with Crippen LogP contribution in [0.1, 0.15) is 35.8 Å². The summed E-state index contributed by atoms with van der Waals surface area (Å²) in [4.78, 5) is 13.5. The minimum Gasteiger partial charge on any atom is -0.345 e. The van der Waals surface area contributed by atoms with E-state index in [9.17, 15) is 4.79 Å². The van der Waals surface area contributed by atoms with Crippen molar-refractivity contribution in [3.05, 3.63) is 83.4 Å². The summed E-state index contributed by atoms with van der Waals surface area (Å²) in [6.45, 7) is 1.04. The van der Waals surface area contributed by atoms with Crippen molar-refractivity contribution in [2.45, 2.75) is 32.0 Å². The highest BCUT2D eigenvalue weighted by Gasteiger charge is 2.25. The van der Waals surface area contributed by atoms with Crippen molar-refractivity contribution in [1.82, 2.24) is 29.9 Å². The number of thiophene rings is 1. The number of nitrogens with zero attached hydrogens (tertiary/aromatic N) is 5. The maximum Gasteiger partial charge on any atom is 0.244 e. The van der Waals surface area contributed by atoms with Crippen LogP contribution in [0.3, 0.4) is 0 Å². The summed E-state index contributed by atoms with van der Waals surface area (Å²) in [6, 6.07) is 14.7. The number of benzene rings is 1. The molecule has 1 amide bonds. The topological polar surface area (TPSA) is 77.6 Å². The second-order valence-corrected chi connectivity index (χ2v) is 8.48. The van der Waals surface area contributed by atoms with E-state index in [0.717, 1.165) is 34.8 Å². The molecule has 156 valence electrons. The Hall–Kier alpha value is -3.52. The van der Waals surface area contributed by atoms with E-state index in [1.807, 2.05) is 57.2 Å². The van der Waals surface area contributed by atoms with Gasteiger partial charge in [-0.15, -0.1) is 21.5 Å². The van der Waals surface area contributed by atoms with E-state index >= 15 is 0 Å². The first kappa shape index (κ1) is 19.4. The SMILES string of the molecule is O=C(/C=C/c1cn(Cc2ccccc2)nc1-c1cccs1)NCc1nncn1C1CC1. The molecule has 8 heteroatoms. The Kier molecular flexibility index (Phi) is 5.45. The molecule has 0 unspecified atom stereocenters. The third kappa shape index (κ3) is 4.64. The van der Waals surface area contributed by atoms with Crippen LogP contribution in [0.15, 0.2) is 66.4 Å². The van der Waals surface area contributed by atoms with Crippen LogP contribution in [0.5, 0.6) is 0 Å². The number of nitrogens with one attached hydrogen (secondary N) is 1. The summed E-state index contributed by atoms with van der Waals surface area (Å²) in [5.41, 5.74) is 2.97. The molecular weight excluding hydrogens is 408 g/mol. The lowest BCUT2D eigenvalue weighted by atomic mass is 10.2. The standard InChI is InChI=1S/C23H22N6OS/c30-22(24-13-21-26-25-16-29(21)19-9-10-19)11-8-18-15-28(14-17-5-2-1-3-6-17)27-23(18)20-7-4-12-31-20/h1-8,11-12,15-16,19H,9-10,13-14H2,(H,24,30)/b11-8+. The molecule has 4 aromatic rings. The number of amides is 1. The van der Waals surface area contributed by atoms with E-state index in [4.69, 9.17) is 5.10 Å². The quantitative estimate of drug-likeness (QED) is 0.430. The van der Waals surface area contributed by atoms with Crippen molar-refractivity contribution < 1.29 is 4.79 Å². The largest absolute Gasteiger partial charge is 0.345 e. The molecule has 1 aliphatic carbocycles. The van der Waals surface area contributed by atoms with Gasteiger partial charge in [-0.1, -0.05) is 36.4 Å². The molecule has 0 radical (unpaired) electrons. The first-order valence-corrected chi connectivity index (χ1v) is 11.1. The first-order chi connectivity index (χ1) is 15.3. The molecule has 7 nitrogen and oxygen atoms in total. The average molecular weight is 431 g/mol. The molecule has 3 aromatic heterocycles. The fourth-order valence-corrected chi connectivity index (χ4v) is 4.19. The lowest BCUT2D eigenvalue weighted by Crippen LogP contribution is -2.22. The van der Waals surface area contributed by atoms with Crippen LogP contribution in [0, 0.1) is 0 Å². The summed E-state index contributed by atoms with van der Waals surface area (Å²) in [7, 11) is 0. The average Bonchev–Trinajstić information content (AvgIpc) is 3.18. The highest BCUT2D eigenvalue weighted by molar-refractivity contribution is 7.13. The predicted octanol–water partition coefficient (Wildman–Crippen LogP) is 3.92.